The Kier molecular flexibility index (Phi) is 7.85. The molecule has 2 aliphatic rings. The maximum atomic E-state index is 8.94. The van der Waals surface area contributed by atoms with Gasteiger partial charge in [0, 0.05) is 0 Å². The highest BCUT2D eigenvalue weighted by atomic mass is 14.4. The van der Waals surface area contributed by atoms with Crippen molar-refractivity contribution in [1.29, 1.82) is 5.26 Å². The zero-order valence-electron chi connectivity index (χ0n) is 19.3. The first-order valence-electron chi connectivity index (χ1n) is 12.7. The largest absolute Gasteiger partial charge is 0.192 e. The number of aryl methyl sites for hydroxylation is 1. The highest BCUT2D eigenvalue weighted by Gasteiger charge is 2.31. The molecule has 0 aromatic heterocycles. The molecule has 0 heterocycles. The number of nitriles is 1. The molecular formula is C30H39N. The van der Waals surface area contributed by atoms with E-state index in [2.05, 4.69) is 55.5 Å². The maximum Gasteiger partial charge on any atom is 0.0991 e. The van der Waals surface area contributed by atoms with E-state index in [4.69, 9.17) is 5.26 Å². The molecule has 2 aliphatic carbocycles. The van der Waals surface area contributed by atoms with Gasteiger partial charge in [0.15, 0.2) is 0 Å². The molecule has 0 bridgehead atoms. The van der Waals surface area contributed by atoms with Gasteiger partial charge in [-0.2, -0.15) is 5.26 Å². The van der Waals surface area contributed by atoms with Crippen LogP contribution in [0.3, 0.4) is 0 Å². The fraction of sp³-hybridized carbons (Fsp3) is 0.567. The Morgan fingerprint density at radius 2 is 1.35 bits per heavy atom. The third-order valence-corrected chi connectivity index (χ3v) is 8.43. The molecule has 0 amide bonds. The van der Waals surface area contributed by atoms with Gasteiger partial charge < -0.3 is 0 Å². The summed E-state index contributed by atoms with van der Waals surface area (Å²) < 4.78 is 0. The third-order valence-electron chi connectivity index (χ3n) is 8.43. The Morgan fingerprint density at radius 3 is 1.94 bits per heavy atom. The highest BCUT2D eigenvalue weighted by molar-refractivity contribution is 5.31. The van der Waals surface area contributed by atoms with E-state index in [-0.39, 0.29) is 0 Å². The average molecular weight is 414 g/mol. The zero-order valence-corrected chi connectivity index (χ0v) is 19.3. The van der Waals surface area contributed by atoms with E-state index in [0.29, 0.717) is 5.92 Å². The van der Waals surface area contributed by atoms with Crippen LogP contribution in [0.5, 0.6) is 0 Å². The van der Waals surface area contributed by atoms with Gasteiger partial charge in [0.2, 0.25) is 0 Å². The van der Waals surface area contributed by atoms with Gasteiger partial charge in [0.1, 0.15) is 0 Å². The molecule has 0 N–H and O–H groups in total. The monoisotopic (exact) mass is 413 g/mol. The van der Waals surface area contributed by atoms with Crippen LogP contribution in [0.2, 0.25) is 0 Å². The van der Waals surface area contributed by atoms with Gasteiger partial charge in [0.25, 0.3) is 0 Å². The fourth-order valence-corrected chi connectivity index (χ4v) is 6.38. The van der Waals surface area contributed by atoms with E-state index in [1.807, 2.05) is 12.1 Å². The predicted molar refractivity (Wildman–Crippen MR) is 130 cm³/mol. The molecule has 0 saturated heterocycles. The van der Waals surface area contributed by atoms with Gasteiger partial charge in [-0.25, -0.2) is 0 Å². The molecule has 2 fully saturated rings. The SMILES string of the molecule is C[C@H](CC1CCC(C2CCC(CCc3ccc(C#N)cc3)CC2)CC1)c1ccccc1. The molecule has 0 radical (unpaired) electrons. The summed E-state index contributed by atoms with van der Waals surface area (Å²) in [7, 11) is 0. The molecule has 0 spiro atoms. The molecule has 1 nitrogen and oxygen atoms in total. The molecule has 4 rings (SSSR count). The highest BCUT2D eigenvalue weighted by Crippen LogP contribution is 2.43. The summed E-state index contributed by atoms with van der Waals surface area (Å²) in [6.07, 6.45) is 15.5. The Labute approximate surface area is 189 Å². The van der Waals surface area contributed by atoms with Gasteiger partial charge in [0.05, 0.1) is 11.6 Å². The van der Waals surface area contributed by atoms with E-state index in [1.165, 1.54) is 81.8 Å². The van der Waals surface area contributed by atoms with Crippen LogP contribution in [-0.4, -0.2) is 0 Å². The molecule has 0 unspecified atom stereocenters. The van der Waals surface area contributed by atoms with Gasteiger partial charge in [-0.15, -0.1) is 0 Å². The lowest BCUT2D eigenvalue weighted by Gasteiger charge is -2.38. The summed E-state index contributed by atoms with van der Waals surface area (Å²) in [5.74, 6) is 4.56. The number of rotatable bonds is 7. The van der Waals surface area contributed by atoms with Crippen LogP contribution in [-0.2, 0) is 6.42 Å². The standard InChI is InChI=1S/C30H39N/c1-23(28-5-3-2-4-6-28)21-26-15-19-30(20-16-26)29-17-13-25(14-18-29)8-7-24-9-11-27(22-31)12-10-24/h2-6,9-12,23,25-26,29-30H,7-8,13-21H2,1H3/t23-,25?,26?,29?,30?/m1/s1. The summed E-state index contributed by atoms with van der Waals surface area (Å²) in [5, 5.41) is 8.94. The lowest BCUT2D eigenvalue weighted by Crippen LogP contribution is -2.26. The van der Waals surface area contributed by atoms with Gasteiger partial charge >= 0.3 is 0 Å². The Balaban J connectivity index is 1.15. The van der Waals surface area contributed by atoms with Gasteiger partial charge in [-0.05, 0) is 97.8 Å². The minimum Gasteiger partial charge on any atom is -0.192 e. The molecule has 1 atom stereocenters. The van der Waals surface area contributed by atoms with E-state index >= 15 is 0 Å². The molecule has 1 heteroatoms. The van der Waals surface area contributed by atoms with Crippen molar-refractivity contribution in [3.63, 3.8) is 0 Å². The van der Waals surface area contributed by atoms with Crippen molar-refractivity contribution < 1.29 is 0 Å². The predicted octanol–water partition coefficient (Wildman–Crippen LogP) is 8.30. The number of nitrogens with zero attached hydrogens (tertiary/aromatic N) is 1. The van der Waals surface area contributed by atoms with Crippen molar-refractivity contribution >= 4 is 0 Å². The molecule has 0 aliphatic heterocycles. The van der Waals surface area contributed by atoms with Gasteiger partial charge in [-0.3, -0.25) is 0 Å². The van der Waals surface area contributed by atoms with Crippen molar-refractivity contribution in [2.75, 3.05) is 0 Å². The molecule has 31 heavy (non-hydrogen) atoms. The topological polar surface area (TPSA) is 23.8 Å². The summed E-state index contributed by atoms with van der Waals surface area (Å²) in [5.41, 5.74) is 3.68. The summed E-state index contributed by atoms with van der Waals surface area (Å²) >= 11 is 0. The smallest absolute Gasteiger partial charge is 0.0991 e. The molecule has 2 saturated carbocycles. The second-order valence-electron chi connectivity index (χ2n) is 10.5. The lowest BCUT2D eigenvalue weighted by atomic mass is 9.67. The second-order valence-corrected chi connectivity index (χ2v) is 10.5. The molecular weight excluding hydrogens is 374 g/mol. The van der Waals surface area contributed by atoms with Crippen LogP contribution in [0, 0.1) is 35.0 Å². The first-order valence-corrected chi connectivity index (χ1v) is 12.7. The zero-order chi connectivity index (χ0) is 21.5. The van der Waals surface area contributed by atoms with Crippen LogP contribution in [0.25, 0.3) is 0 Å². The Hall–Kier alpha value is -2.07. The van der Waals surface area contributed by atoms with Crippen molar-refractivity contribution in [3.05, 3.63) is 71.3 Å². The van der Waals surface area contributed by atoms with E-state index < -0.39 is 0 Å². The number of benzene rings is 2. The second kappa shape index (κ2) is 11.0. The van der Waals surface area contributed by atoms with Crippen LogP contribution >= 0.6 is 0 Å². The van der Waals surface area contributed by atoms with Crippen LogP contribution in [0.1, 0.15) is 93.7 Å². The number of hydrogen-bond donors (Lipinski definition) is 0. The van der Waals surface area contributed by atoms with Crippen molar-refractivity contribution in [1.82, 2.24) is 0 Å². The van der Waals surface area contributed by atoms with E-state index in [0.717, 1.165) is 29.2 Å². The lowest BCUT2D eigenvalue weighted by molar-refractivity contribution is 0.139. The minimum atomic E-state index is 0.703. The minimum absolute atomic E-state index is 0.703. The number of hydrogen-bond acceptors (Lipinski definition) is 1. The van der Waals surface area contributed by atoms with Crippen LogP contribution < -0.4 is 0 Å². The summed E-state index contributed by atoms with van der Waals surface area (Å²) in [6.45, 7) is 2.42. The van der Waals surface area contributed by atoms with Crippen molar-refractivity contribution in [2.24, 2.45) is 23.7 Å². The normalized spacial score (nSPS) is 27.4. The molecule has 164 valence electrons. The van der Waals surface area contributed by atoms with Crippen molar-refractivity contribution in [2.45, 2.75) is 83.5 Å². The van der Waals surface area contributed by atoms with E-state index in [1.54, 1.807) is 0 Å². The molecule has 2 aromatic carbocycles. The molecule has 2 aromatic rings. The van der Waals surface area contributed by atoms with Crippen molar-refractivity contribution in [3.8, 4) is 6.07 Å². The van der Waals surface area contributed by atoms with Crippen LogP contribution in [0.15, 0.2) is 54.6 Å². The average Bonchev–Trinajstić information content (AvgIpc) is 2.84. The van der Waals surface area contributed by atoms with Gasteiger partial charge in [-0.1, -0.05) is 75.1 Å². The Bertz CT molecular complexity index is 815. The summed E-state index contributed by atoms with van der Waals surface area (Å²) in [6, 6.07) is 21.5. The maximum absolute atomic E-state index is 8.94. The quantitative estimate of drug-likeness (QED) is 0.448. The first-order chi connectivity index (χ1) is 15.2. The summed E-state index contributed by atoms with van der Waals surface area (Å²) in [4.78, 5) is 0. The Morgan fingerprint density at radius 1 is 0.774 bits per heavy atom. The third kappa shape index (κ3) is 6.22. The fourth-order valence-electron chi connectivity index (χ4n) is 6.38. The first kappa shape index (κ1) is 22.1. The van der Waals surface area contributed by atoms with Crippen LogP contribution in [0.4, 0.5) is 0 Å². The van der Waals surface area contributed by atoms with E-state index in [9.17, 15) is 0 Å².